The molecule has 0 rings (SSSR count). The average Bonchev–Trinajstić information content (AvgIpc) is 1.82. The summed E-state index contributed by atoms with van der Waals surface area (Å²) in [5.74, 6) is -0.676. The molecule has 0 aromatic heterocycles. The zero-order chi connectivity index (χ0) is 10.1. The van der Waals surface area contributed by atoms with E-state index in [4.69, 9.17) is 9.90 Å². The Morgan fingerprint density at radius 1 is 1.50 bits per heavy atom. The number of rotatable bonds is 2. The van der Waals surface area contributed by atoms with Crippen molar-refractivity contribution in [2.24, 2.45) is 0 Å². The molecule has 0 radical (unpaired) electrons. The highest BCUT2D eigenvalue weighted by Crippen LogP contribution is 1.91. The smallest absolute Gasteiger partial charge is 0.460 e. The average molecular weight is 188 g/mol. The topological polar surface area (TPSA) is 63.6 Å². The van der Waals surface area contributed by atoms with Gasteiger partial charge in [-0.25, -0.2) is 13.6 Å². The van der Waals surface area contributed by atoms with E-state index in [-0.39, 0.29) is 0 Å². The second kappa shape index (κ2) is 7.83. The second-order valence-electron chi connectivity index (χ2n) is 1.45. The van der Waals surface area contributed by atoms with Crippen LogP contribution < -0.4 is 0 Å². The Bertz CT molecular complexity index is 144. The lowest BCUT2D eigenvalue weighted by molar-refractivity contribution is -0.144. The first-order valence-electron chi connectivity index (χ1n) is 2.66. The number of hydrogen-bond donors (Lipinski definition) is 1. The molecule has 0 unspecified atom stereocenters. The molecule has 0 aliphatic rings. The van der Waals surface area contributed by atoms with Gasteiger partial charge in [-0.1, -0.05) is 0 Å². The van der Waals surface area contributed by atoms with E-state index < -0.39 is 25.2 Å². The van der Waals surface area contributed by atoms with Gasteiger partial charge in [0, 0.05) is 6.92 Å². The van der Waals surface area contributed by atoms with Gasteiger partial charge >= 0.3 is 12.2 Å². The van der Waals surface area contributed by atoms with Crippen molar-refractivity contribution in [2.45, 2.75) is 13.3 Å². The van der Waals surface area contributed by atoms with Gasteiger partial charge in [-0.2, -0.15) is 0 Å². The number of alkyl halides is 2. The fourth-order valence-corrected chi connectivity index (χ4v) is 0.180. The standard InChI is InChI=1S/C4H6F2O2.CHFO2/c1-3(7)8-2-4(5)6;2-1(3)4/h4H,2H2,1H3;(H,3,4). The van der Waals surface area contributed by atoms with E-state index >= 15 is 0 Å². The van der Waals surface area contributed by atoms with Crippen molar-refractivity contribution in [2.75, 3.05) is 6.61 Å². The zero-order valence-electron chi connectivity index (χ0n) is 6.09. The molecule has 0 saturated heterocycles. The number of carbonyl (C=O) groups excluding carboxylic acids is 1. The molecular weight excluding hydrogens is 181 g/mol. The van der Waals surface area contributed by atoms with Gasteiger partial charge in [0.2, 0.25) is 0 Å². The van der Waals surface area contributed by atoms with Gasteiger partial charge in [0.1, 0.15) is 0 Å². The summed E-state index contributed by atoms with van der Waals surface area (Å²) >= 11 is 0. The summed E-state index contributed by atoms with van der Waals surface area (Å²) in [4.78, 5) is 18.1. The number of carboxylic acid groups (broad SMARTS) is 1. The lowest BCUT2D eigenvalue weighted by Gasteiger charge is -1.96. The van der Waals surface area contributed by atoms with Gasteiger partial charge < -0.3 is 9.84 Å². The molecule has 0 aliphatic heterocycles. The minimum absolute atomic E-state index is 0.676. The van der Waals surface area contributed by atoms with Crippen molar-refractivity contribution >= 4 is 12.2 Å². The lowest BCUT2D eigenvalue weighted by atomic mass is 10.7. The normalized spacial score (nSPS) is 8.42. The maximum Gasteiger partial charge on any atom is 0.492 e. The fraction of sp³-hybridized carbons (Fsp3) is 0.600. The molecular formula is C5H7F3O4. The van der Waals surface area contributed by atoms with Gasteiger partial charge in [0.05, 0.1) is 0 Å². The molecule has 0 aromatic rings. The third-order valence-corrected chi connectivity index (χ3v) is 0.413. The van der Waals surface area contributed by atoms with Gasteiger partial charge in [-0.05, 0) is 0 Å². The molecule has 72 valence electrons. The highest BCUT2D eigenvalue weighted by Gasteiger charge is 2.02. The van der Waals surface area contributed by atoms with Crippen molar-refractivity contribution in [3.8, 4) is 0 Å². The van der Waals surface area contributed by atoms with Crippen LogP contribution in [0.3, 0.4) is 0 Å². The van der Waals surface area contributed by atoms with Crippen LogP contribution >= 0.6 is 0 Å². The molecule has 0 saturated carbocycles. The van der Waals surface area contributed by atoms with Crippen molar-refractivity contribution < 1.29 is 32.6 Å². The number of carbonyl (C=O) groups is 2. The van der Waals surface area contributed by atoms with Crippen molar-refractivity contribution in [1.29, 1.82) is 0 Å². The van der Waals surface area contributed by atoms with Crippen LogP contribution in [0.2, 0.25) is 0 Å². The number of ether oxygens (including phenoxy) is 1. The Morgan fingerprint density at radius 2 is 1.83 bits per heavy atom. The summed E-state index contributed by atoms with van der Waals surface area (Å²) in [6, 6.07) is 0. The minimum atomic E-state index is -2.56. The molecule has 4 nitrogen and oxygen atoms in total. The molecule has 0 spiro atoms. The predicted molar refractivity (Wildman–Crippen MR) is 31.8 cm³/mol. The molecule has 7 heteroatoms. The summed E-state index contributed by atoms with van der Waals surface area (Å²) < 4.78 is 36.1. The van der Waals surface area contributed by atoms with Crippen molar-refractivity contribution in [3.63, 3.8) is 0 Å². The predicted octanol–water partition coefficient (Wildman–Crippen LogP) is 1.45. The van der Waals surface area contributed by atoms with E-state index in [9.17, 15) is 18.0 Å². The highest BCUT2D eigenvalue weighted by molar-refractivity contribution is 5.65. The largest absolute Gasteiger partial charge is 0.492 e. The summed E-state index contributed by atoms with van der Waals surface area (Å²) in [6.07, 6.45) is -4.89. The maximum atomic E-state index is 11.1. The fourth-order valence-electron chi connectivity index (χ4n) is 0.180. The molecule has 0 amide bonds. The van der Waals surface area contributed by atoms with Crippen LogP contribution in [0.5, 0.6) is 0 Å². The third kappa shape index (κ3) is 37.5. The minimum Gasteiger partial charge on any atom is -0.460 e. The van der Waals surface area contributed by atoms with E-state index in [1.54, 1.807) is 0 Å². The molecule has 0 atom stereocenters. The van der Waals surface area contributed by atoms with Crippen molar-refractivity contribution in [3.05, 3.63) is 0 Å². The van der Waals surface area contributed by atoms with Crippen molar-refractivity contribution in [1.82, 2.24) is 0 Å². The van der Waals surface area contributed by atoms with Gasteiger partial charge in [-0.15, -0.1) is 4.39 Å². The molecule has 0 aromatic carbocycles. The van der Waals surface area contributed by atoms with E-state index in [0.29, 0.717) is 0 Å². The van der Waals surface area contributed by atoms with Crippen LogP contribution in [0.25, 0.3) is 0 Å². The molecule has 1 N–H and O–H groups in total. The van der Waals surface area contributed by atoms with Gasteiger partial charge in [0.15, 0.2) is 6.61 Å². The van der Waals surface area contributed by atoms with E-state index in [1.807, 2.05) is 0 Å². The first kappa shape index (κ1) is 13.3. The van der Waals surface area contributed by atoms with Gasteiger partial charge in [-0.3, -0.25) is 4.79 Å². The molecule has 0 bridgehead atoms. The monoisotopic (exact) mass is 188 g/mol. The second-order valence-corrected chi connectivity index (χ2v) is 1.45. The van der Waals surface area contributed by atoms with Crippen LogP contribution in [0.15, 0.2) is 0 Å². The van der Waals surface area contributed by atoms with E-state index in [0.717, 1.165) is 6.92 Å². The quantitative estimate of drug-likeness (QED) is 0.526. The zero-order valence-corrected chi connectivity index (χ0v) is 6.09. The van der Waals surface area contributed by atoms with Crippen LogP contribution in [0.4, 0.5) is 18.0 Å². The summed E-state index contributed by atoms with van der Waals surface area (Å²) in [5.41, 5.74) is 0. The summed E-state index contributed by atoms with van der Waals surface area (Å²) in [5, 5.41) is 6.75. The lowest BCUT2D eigenvalue weighted by Crippen LogP contribution is -2.07. The molecule has 0 aliphatic carbocycles. The Hall–Kier alpha value is -1.27. The number of halogens is 3. The third-order valence-electron chi connectivity index (χ3n) is 0.413. The Kier molecular flexibility index (Phi) is 8.70. The molecule has 12 heavy (non-hydrogen) atoms. The van der Waals surface area contributed by atoms with Crippen LogP contribution in [-0.2, 0) is 9.53 Å². The van der Waals surface area contributed by atoms with Crippen LogP contribution in [0.1, 0.15) is 6.92 Å². The van der Waals surface area contributed by atoms with Crippen LogP contribution in [0, 0.1) is 0 Å². The van der Waals surface area contributed by atoms with E-state index in [2.05, 4.69) is 4.74 Å². The Labute approximate surface area is 65.9 Å². The Morgan fingerprint density at radius 3 is 1.92 bits per heavy atom. The molecule has 0 heterocycles. The summed E-state index contributed by atoms with van der Waals surface area (Å²) in [7, 11) is 0. The maximum absolute atomic E-state index is 11.1. The van der Waals surface area contributed by atoms with Crippen LogP contribution in [-0.4, -0.2) is 30.3 Å². The Balaban J connectivity index is 0. The number of esters is 1. The number of hydrogen-bond acceptors (Lipinski definition) is 3. The summed E-state index contributed by atoms with van der Waals surface area (Å²) in [6.45, 7) is 0.289. The SMILES string of the molecule is CC(=O)OCC(F)F.O=C(O)F. The first-order valence-corrected chi connectivity index (χ1v) is 2.66. The highest BCUT2D eigenvalue weighted by atomic mass is 19.3. The molecule has 0 fully saturated rings. The first-order chi connectivity index (χ1) is 5.36. The van der Waals surface area contributed by atoms with Gasteiger partial charge in [0.25, 0.3) is 6.43 Å². The van der Waals surface area contributed by atoms with E-state index in [1.165, 1.54) is 0 Å².